The summed E-state index contributed by atoms with van der Waals surface area (Å²) in [4.78, 5) is 0. The molecular weight excluding hydrogens is 190 g/mol. The van der Waals surface area contributed by atoms with Gasteiger partial charge in [-0.05, 0) is 18.9 Å². The zero-order chi connectivity index (χ0) is 10.3. The van der Waals surface area contributed by atoms with Crippen LogP contribution in [-0.2, 0) is 5.60 Å². The van der Waals surface area contributed by atoms with Gasteiger partial charge < -0.3 is 9.84 Å². The van der Waals surface area contributed by atoms with Crippen LogP contribution < -0.4 is 4.74 Å². The highest BCUT2D eigenvalue weighted by Crippen LogP contribution is 2.47. The average Bonchev–Trinajstić information content (AvgIpc) is 2.89. The summed E-state index contributed by atoms with van der Waals surface area (Å²) in [5, 5.41) is 9.66. The van der Waals surface area contributed by atoms with Gasteiger partial charge in [-0.3, -0.25) is 0 Å². The molecule has 0 amide bonds. The predicted octanol–water partition coefficient (Wildman–Crippen LogP) is 1.95. The first-order chi connectivity index (χ1) is 6.57. The lowest BCUT2D eigenvalue weighted by Crippen LogP contribution is -2.09. The Morgan fingerprint density at radius 1 is 1.36 bits per heavy atom. The largest absolute Gasteiger partial charge is 0.497 e. The summed E-state index contributed by atoms with van der Waals surface area (Å²) in [6, 6.07) is 2.30. The van der Waals surface area contributed by atoms with Crippen LogP contribution in [0.2, 0.25) is 0 Å². The Balaban J connectivity index is 2.52. The van der Waals surface area contributed by atoms with Gasteiger partial charge in [-0.1, -0.05) is 0 Å². The minimum absolute atomic E-state index is 0.00523. The maximum atomic E-state index is 13.3. The van der Waals surface area contributed by atoms with Gasteiger partial charge in [0.1, 0.15) is 5.75 Å². The number of benzene rings is 1. The number of halogens is 2. The first kappa shape index (κ1) is 9.40. The molecule has 14 heavy (non-hydrogen) atoms. The van der Waals surface area contributed by atoms with Gasteiger partial charge in [0.2, 0.25) is 0 Å². The Morgan fingerprint density at radius 3 is 2.50 bits per heavy atom. The Morgan fingerprint density at radius 2 is 2.00 bits per heavy atom. The molecule has 0 heterocycles. The fourth-order valence-corrected chi connectivity index (χ4v) is 1.41. The van der Waals surface area contributed by atoms with Crippen molar-refractivity contribution >= 4 is 0 Å². The van der Waals surface area contributed by atoms with Gasteiger partial charge in [-0.2, -0.15) is 0 Å². The first-order valence-electron chi connectivity index (χ1n) is 4.33. The van der Waals surface area contributed by atoms with Gasteiger partial charge in [-0.25, -0.2) is 8.78 Å². The molecular formula is C10H10F2O2. The molecule has 1 aliphatic carbocycles. The van der Waals surface area contributed by atoms with Gasteiger partial charge in [0, 0.05) is 11.6 Å². The van der Waals surface area contributed by atoms with E-state index in [-0.39, 0.29) is 11.3 Å². The van der Waals surface area contributed by atoms with Gasteiger partial charge in [0.15, 0.2) is 11.6 Å². The number of aliphatic hydroxyl groups is 1. The molecule has 0 radical (unpaired) electrons. The van der Waals surface area contributed by atoms with Crippen LogP contribution in [0.4, 0.5) is 8.78 Å². The molecule has 1 N–H and O–H groups in total. The third-order valence-corrected chi connectivity index (χ3v) is 2.46. The number of hydrogen-bond donors (Lipinski definition) is 1. The van der Waals surface area contributed by atoms with E-state index >= 15 is 0 Å². The Kier molecular flexibility index (Phi) is 1.96. The van der Waals surface area contributed by atoms with E-state index in [1.807, 2.05) is 0 Å². The number of hydrogen-bond acceptors (Lipinski definition) is 2. The van der Waals surface area contributed by atoms with Gasteiger partial charge in [0.25, 0.3) is 0 Å². The van der Waals surface area contributed by atoms with Crippen LogP contribution >= 0.6 is 0 Å². The van der Waals surface area contributed by atoms with Gasteiger partial charge >= 0.3 is 0 Å². The molecule has 0 unspecified atom stereocenters. The summed E-state index contributed by atoms with van der Waals surface area (Å²) in [6.07, 6.45) is 0.938. The number of rotatable bonds is 2. The SMILES string of the molecule is COc1cc(F)c(F)c(C2(O)CC2)c1. The summed E-state index contributed by atoms with van der Waals surface area (Å²) < 4.78 is 31.1. The van der Waals surface area contributed by atoms with Crippen molar-refractivity contribution in [2.24, 2.45) is 0 Å². The van der Waals surface area contributed by atoms with E-state index in [1.54, 1.807) is 0 Å². The molecule has 0 atom stereocenters. The van der Waals surface area contributed by atoms with E-state index in [4.69, 9.17) is 4.74 Å². The lowest BCUT2D eigenvalue weighted by atomic mass is 10.1. The molecule has 4 heteroatoms. The van der Waals surface area contributed by atoms with Gasteiger partial charge in [0.05, 0.1) is 12.7 Å². The van der Waals surface area contributed by atoms with E-state index in [0.717, 1.165) is 6.07 Å². The zero-order valence-electron chi connectivity index (χ0n) is 7.68. The molecule has 0 aromatic heterocycles. The molecule has 76 valence electrons. The van der Waals surface area contributed by atoms with E-state index in [2.05, 4.69) is 0 Å². The van der Waals surface area contributed by atoms with Crippen molar-refractivity contribution < 1.29 is 18.6 Å². The van der Waals surface area contributed by atoms with Crippen LogP contribution in [0.5, 0.6) is 5.75 Å². The van der Waals surface area contributed by atoms with Crippen LogP contribution in [0, 0.1) is 11.6 Å². The second-order valence-corrected chi connectivity index (χ2v) is 3.50. The molecule has 1 aromatic rings. The summed E-state index contributed by atoms with van der Waals surface area (Å²) >= 11 is 0. The second-order valence-electron chi connectivity index (χ2n) is 3.50. The van der Waals surface area contributed by atoms with E-state index < -0.39 is 17.2 Å². The Labute approximate surface area is 80.1 Å². The highest BCUT2D eigenvalue weighted by atomic mass is 19.2. The highest BCUT2D eigenvalue weighted by molar-refractivity contribution is 5.37. The average molecular weight is 200 g/mol. The smallest absolute Gasteiger partial charge is 0.165 e. The summed E-state index contributed by atoms with van der Waals surface area (Å²) in [7, 11) is 1.37. The standard InChI is InChI=1S/C10H10F2O2/c1-14-6-4-7(10(13)2-3-10)9(12)8(11)5-6/h4-5,13H,2-3H2,1H3. The maximum absolute atomic E-state index is 13.3. The molecule has 2 rings (SSSR count). The van der Waals surface area contributed by atoms with Crippen LogP contribution in [0.25, 0.3) is 0 Å². The monoisotopic (exact) mass is 200 g/mol. The second kappa shape index (κ2) is 2.92. The maximum Gasteiger partial charge on any atom is 0.165 e. The van der Waals surface area contributed by atoms with Crippen LogP contribution in [-0.4, -0.2) is 12.2 Å². The van der Waals surface area contributed by atoms with Crippen LogP contribution in [0.15, 0.2) is 12.1 Å². The quantitative estimate of drug-likeness (QED) is 0.790. The number of ether oxygens (including phenoxy) is 1. The molecule has 1 aromatic carbocycles. The van der Waals surface area contributed by atoms with E-state index in [0.29, 0.717) is 12.8 Å². The molecule has 1 saturated carbocycles. The molecule has 1 aliphatic rings. The Hall–Kier alpha value is -1.16. The number of methoxy groups -OCH3 is 1. The van der Waals surface area contributed by atoms with Crippen LogP contribution in [0.3, 0.4) is 0 Å². The van der Waals surface area contributed by atoms with Crippen molar-refractivity contribution in [3.05, 3.63) is 29.3 Å². The minimum Gasteiger partial charge on any atom is -0.497 e. The Bertz CT molecular complexity index is 373. The molecule has 0 bridgehead atoms. The molecule has 0 aliphatic heterocycles. The molecule has 0 spiro atoms. The third-order valence-electron chi connectivity index (χ3n) is 2.46. The normalized spacial score (nSPS) is 18.0. The third kappa shape index (κ3) is 1.35. The topological polar surface area (TPSA) is 29.5 Å². The van der Waals surface area contributed by atoms with Crippen molar-refractivity contribution in [2.45, 2.75) is 18.4 Å². The zero-order valence-corrected chi connectivity index (χ0v) is 7.68. The van der Waals surface area contributed by atoms with Crippen molar-refractivity contribution in [3.8, 4) is 5.75 Å². The fraction of sp³-hybridized carbons (Fsp3) is 0.400. The van der Waals surface area contributed by atoms with Crippen molar-refractivity contribution in [1.82, 2.24) is 0 Å². The van der Waals surface area contributed by atoms with Crippen molar-refractivity contribution in [1.29, 1.82) is 0 Å². The van der Waals surface area contributed by atoms with E-state index in [1.165, 1.54) is 13.2 Å². The lowest BCUT2D eigenvalue weighted by molar-refractivity contribution is 0.145. The molecule has 1 fully saturated rings. The van der Waals surface area contributed by atoms with Crippen LogP contribution in [0.1, 0.15) is 18.4 Å². The lowest BCUT2D eigenvalue weighted by Gasteiger charge is -2.11. The van der Waals surface area contributed by atoms with E-state index in [9.17, 15) is 13.9 Å². The summed E-state index contributed by atoms with van der Waals surface area (Å²) in [6.45, 7) is 0. The highest BCUT2D eigenvalue weighted by Gasteiger charge is 2.45. The van der Waals surface area contributed by atoms with Crippen molar-refractivity contribution in [2.75, 3.05) is 7.11 Å². The first-order valence-corrected chi connectivity index (χ1v) is 4.33. The van der Waals surface area contributed by atoms with Crippen molar-refractivity contribution in [3.63, 3.8) is 0 Å². The predicted molar refractivity (Wildman–Crippen MR) is 46.0 cm³/mol. The molecule has 0 saturated heterocycles. The molecule has 2 nitrogen and oxygen atoms in total. The minimum atomic E-state index is -1.18. The van der Waals surface area contributed by atoms with Gasteiger partial charge in [-0.15, -0.1) is 0 Å². The fourth-order valence-electron chi connectivity index (χ4n) is 1.41. The summed E-state index contributed by atoms with van der Waals surface area (Å²) in [5.41, 5.74) is -1.19. The summed E-state index contributed by atoms with van der Waals surface area (Å²) in [5.74, 6) is -1.75.